The highest BCUT2D eigenvalue weighted by Crippen LogP contribution is 2.19. The van der Waals surface area contributed by atoms with E-state index in [2.05, 4.69) is 49.6 Å². The number of thiocarbonyl (C=S) groups is 1. The fourth-order valence-electron chi connectivity index (χ4n) is 2.23. The normalized spacial score (nSPS) is 11.8. The third-order valence-electron chi connectivity index (χ3n) is 3.33. The topological polar surface area (TPSA) is 24.1 Å². The SMILES string of the molecule is Cc1ccc(C)c([C@H](C)NC(=S)Nc2cccc(F)c2)c1. The lowest BCUT2D eigenvalue weighted by Gasteiger charge is -2.19. The second-order valence-corrected chi connectivity index (χ2v) is 5.60. The molecule has 0 aliphatic rings. The molecule has 0 spiro atoms. The van der Waals surface area contributed by atoms with Crippen LogP contribution < -0.4 is 10.6 Å². The number of anilines is 1. The minimum Gasteiger partial charge on any atom is -0.356 e. The molecular weight excluding hydrogens is 283 g/mol. The first-order valence-corrected chi connectivity index (χ1v) is 7.27. The predicted octanol–water partition coefficient (Wildman–Crippen LogP) is 4.49. The summed E-state index contributed by atoms with van der Waals surface area (Å²) in [6, 6.07) is 12.7. The number of aryl methyl sites for hydroxylation is 2. The first kappa shape index (κ1) is 15.4. The quantitative estimate of drug-likeness (QED) is 0.817. The Kier molecular flexibility index (Phi) is 4.91. The van der Waals surface area contributed by atoms with Crippen molar-refractivity contribution in [3.05, 3.63) is 65.0 Å². The van der Waals surface area contributed by atoms with E-state index in [1.165, 1.54) is 28.8 Å². The predicted molar refractivity (Wildman–Crippen MR) is 90.1 cm³/mol. The van der Waals surface area contributed by atoms with Crippen LogP contribution >= 0.6 is 12.2 Å². The van der Waals surface area contributed by atoms with Gasteiger partial charge in [0.25, 0.3) is 0 Å². The lowest BCUT2D eigenvalue weighted by molar-refractivity contribution is 0.628. The van der Waals surface area contributed by atoms with Crippen molar-refractivity contribution in [3.8, 4) is 0 Å². The van der Waals surface area contributed by atoms with Crippen LogP contribution in [0.4, 0.5) is 10.1 Å². The van der Waals surface area contributed by atoms with Crippen molar-refractivity contribution in [2.75, 3.05) is 5.32 Å². The Morgan fingerprint density at radius 2 is 1.90 bits per heavy atom. The Hall–Kier alpha value is -1.94. The molecule has 0 saturated heterocycles. The fourth-order valence-corrected chi connectivity index (χ4v) is 2.53. The van der Waals surface area contributed by atoms with E-state index in [9.17, 15) is 4.39 Å². The number of hydrogen-bond acceptors (Lipinski definition) is 1. The summed E-state index contributed by atoms with van der Waals surface area (Å²) in [5, 5.41) is 6.71. The van der Waals surface area contributed by atoms with Crippen LogP contribution in [0.2, 0.25) is 0 Å². The Morgan fingerprint density at radius 1 is 1.14 bits per heavy atom. The number of benzene rings is 2. The van der Waals surface area contributed by atoms with Crippen molar-refractivity contribution < 1.29 is 4.39 Å². The van der Waals surface area contributed by atoms with Crippen LogP contribution in [0, 0.1) is 19.7 Å². The average molecular weight is 302 g/mol. The summed E-state index contributed by atoms with van der Waals surface area (Å²) < 4.78 is 13.1. The summed E-state index contributed by atoms with van der Waals surface area (Å²) in [5.74, 6) is -0.287. The van der Waals surface area contributed by atoms with E-state index in [-0.39, 0.29) is 11.9 Å². The first-order chi connectivity index (χ1) is 9.95. The highest BCUT2D eigenvalue weighted by molar-refractivity contribution is 7.80. The molecule has 0 aliphatic heterocycles. The molecule has 0 fully saturated rings. The number of halogens is 1. The van der Waals surface area contributed by atoms with E-state index in [1.807, 2.05) is 0 Å². The molecule has 0 bridgehead atoms. The molecule has 0 aromatic heterocycles. The summed E-state index contributed by atoms with van der Waals surface area (Å²) in [6.07, 6.45) is 0. The van der Waals surface area contributed by atoms with E-state index < -0.39 is 0 Å². The third kappa shape index (κ3) is 4.26. The van der Waals surface area contributed by atoms with Gasteiger partial charge in [-0.1, -0.05) is 29.8 Å². The lowest BCUT2D eigenvalue weighted by atomic mass is 10.0. The average Bonchev–Trinajstić information content (AvgIpc) is 2.41. The van der Waals surface area contributed by atoms with Crippen molar-refractivity contribution in [1.82, 2.24) is 5.32 Å². The molecule has 21 heavy (non-hydrogen) atoms. The van der Waals surface area contributed by atoms with Crippen molar-refractivity contribution in [2.24, 2.45) is 0 Å². The zero-order valence-electron chi connectivity index (χ0n) is 12.4. The molecule has 2 rings (SSSR count). The molecule has 0 unspecified atom stereocenters. The van der Waals surface area contributed by atoms with Gasteiger partial charge in [-0.3, -0.25) is 0 Å². The van der Waals surface area contributed by atoms with Gasteiger partial charge in [0.2, 0.25) is 0 Å². The van der Waals surface area contributed by atoms with Gasteiger partial charge in [-0.2, -0.15) is 0 Å². The van der Waals surface area contributed by atoms with Gasteiger partial charge in [-0.15, -0.1) is 0 Å². The zero-order chi connectivity index (χ0) is 15.4. The molecule has 0 heterocycles. The van der Waals surface area contributed by atoms with Gasteiger partial charge < -0.3 is 10.6 Å². The Morgan fingerprint density at radius 3 is 2.62 bits per heavy atom. The second kappa shape index (κ2) is 6.68. The maximum Gasteiger partial charge on any atom is 0.171 e. The zero-order valence-corrected chi connectivity index (χ0v) is 13.2. The van der Waals surface area contributed by atoms with Gasteiger partial charge in [0.15, 0.2) is 5.11 Å². The van der Waals surface area contributed by atoms with Crippen LogP contribution in [-0.4, -0.2) is 5.11 Å². The van der Waals surface area contributed by atoms with E-state index in [0.29, 0.717) is 10.8 Å². The van der Waals surface area contributed by atoms with Crippen molar-refractivity contribution in [2.45, 2.75) is 26.8 Å². The molecule has 0 aliphatic carbocycles. The highest BCUT2D eigenvalue weighted by atomic mass is 32.1. The van der Waals surface area contributed by atoms with E-state index in [4.69, 9.17) is 12.2 Å². The molecule has 2 nitrogen and oxygen atoms in total. The van der Waals surface area contributed by atoms with Gasteiger partial charge in [0, 0.05) is 5.69 Å². The van der Waals surface area contributed by atoms with Gasteiger partial charge in [0.1, 0.15) is 5.82 Å². The largest absolute Gasteiger partial charge is 0.356 e. The van der Waals surface area contributed by atoms with Crippen LogP contribution in [0.25, 0.3) is 0 Å². The number of nitrogens with one attached hydrogen (secondary N) is 2. The molecule has 2 aromatic rings. The Labute approximate surface area is 130 Å². The summed E-state index contributed by atoms with van der Waals surface area (Å²) >= 11 is 5.29. The molecule has 0 radical (unpaired) electrons. The van der Waals surface area contributed by atoms with Crippen LogP contribution in [0.5, 0.6) is 0 Å². The first-order valence-electron chi connectivity index (χ1n) is 6.86. The maximum atomic E-state index is 13.1. The van der Waals surface area contributed by atoms with Gasteiger partial charge in [-0.25, -0.2) is 4.39 Å². The van der Waals surface area contributed by atoms with Gasteiger partial charge in [0.05, 0.1) is 6.04 Å². The Bertz CT molecular complexity index is 655. The highest BCUT2D eigenvalue weighted by Gasteiger charge is 2.10. The summed E-state index contributed by atoms with van der Waals surface area (Å²) in [5.41, 5.74) is 4.28. The molecule has 0 amide bonds. The Balaban J connectivity index is 2.03. The summed E-state index contributed by atoms with van der Waals surface area (Å²) in [7, 11) is 0. The molecule has 2 N–H and O–H groups in total. The lowest BCUT2D eigenvalue weighted by Crippen LogP contribution is -2.31. The molecule has 4 heteroatoms. The van der Waals surface area contributed by atoms with Crippen molar-refractivity contribution in [1.29, 1.82) is 0 Å². The van der Waals surface area contributed by atoms with E-state index in [1.54, 1.807) is 12.1 Å². The second-order valence-electron chi connectivity index (χ2n) is 5.19. The molecule has 0 saturated carbocycles. The smallest absolute Gasteiger partial charge is 0.171 e. The van der Waals surface area contributed by atoms with Gasteiger partial charge >= 0.3 is 0 Å². The standard InChI is InChI=1S/C17H19FN2S/c1-11-7-8-12(2)16(9-11)13(3)19-17(21)20-15-6-4-5-14(18)10-15/h4-10,13H,1-3H3,(H2,19,20,21)/t13-/m0/s1. The third-order valence-corrected chi connectivity index (χ3v) is 3.55. The van der Waals surface area contributed by atoms with Crippen molar-refractivity contribution >= 4 is 23.0 Å². The summed E-state index contributed by atoms with van der Waals surface area (Å²) in [4.78, 5) is 0. The minimum absolute atomic E-state index is 0.0819. The van der Waals surface area contributed by atoms with Gasteiger partial charge in [-0.05, 0) is 62.3 Å². The minimum atomic E-state index is -0.287. The fraction of sp³-hybridized carbons (Fsp3) is 0.235. The molecule has 2 aromatic carbocycles. The maximum absolute atomic E-state index is 13.1. The van der Waals surface area contributed by atoms with Crippen LogP contribution in [-0.2, 0) is 0 Å². The molecule has 1 atom stereocenters. The molecular formula is C17H19FN2S. The van der Waals surface area contributed by atoms with Crippen LogP contribution in [0.1, 0.15) is 29.7 Å². The van der Waals surface area contributed by atoms with Crippen LogP contribution in [0.15, 0.2) is 42.5 Å². The monoisotopic (exact) mass is 302 g/mol. The summed E-state index contributed by atoms with van der Waals surface area (Å²) in [6.45, 7) is 6.20. The van der Waals surface area contributed by atoms with E-state index in [0.717, 1.165) is 0 Å². The number of hydrogen-bond donors (Lipinski definition) is 2. The molecule has 110 valence electrons. The number of rotatable bonds is 3. The van der Waals surface area contributed by atoms with E-state index >= 15 is 0 Å². The van der Waals surface area contributed by atoms with Crippen LogP contribution in [0.3, 0.4) is 0 Å². The van der Waals surface area contributed by atoms with Crippen molar-refractivity contribution in [3.63, 3.8) is 0 Å².